The molecule has 33 heavy (non-hydrogen) atoms. The fourth-order valence-corrected chi connectivity index (χ4v) is 3.99. The molecule has 0 aliphatic rings. The van der Waals surface area contributed by atoms with Crippen molar-refractivity contribution in [2.24, 2.45) is 0 Å². The van der Waals surface area contributed by atoms with Gasteiger partial charge in [-0.1, -0.05) is 45.7 Å². The molecule has 2 amide bonds. The molecule has 0 saturated heterocycles. The summed E-state index contributed by atoms with van der Waals surface area (Å²) >= 11 is 0. The van der Waals surface area contributed by atoms with E-state index in [0.29, 0.717) is 13.1 Å². The zero-order valence-corrected chi connectivity index (χ0v) is 22.7. The molecule has 0 radical (unpaired) electrons. The molecular formula is C25H44N2O5Si. The molecule has 0 bridgehead atoms. The largest absolute Gasteiger partial charge is 0.508 e. The van der Waals surface area contributed by atoms with Gasteiger partial charge in [0.05, 0.1) is 0 Å². The minimum atomic E-state index is -2.19. The van der Waals surface area contributed by atoms with Gasteiger partial charge in [0.1, 0.15) is 17.5 Å². The van der Waals surface area contributed by atoms with E-state index in [4.69, 9.17) is 9.16 Å². The lowest BCUT2D eigenvalue weighted by molar-refractivity contribution is -0.128. The highest BCUT2D eigenvalue weighted by Crippen LogP contribution is 2.40. The van der Waals surface area contributed by atoms with Crippen molar-refractivity contribution < 1.29 is 23.9 Å². The minimum absolute atomic E-state index is 0.0320. The van der Waals surface area contributed by atoms with Gasteiger partial charge in [-0.3, -0.25) is 4.79 Å². The van der Waals surface area contributed by atoms with Crippen LogP contribution < -0.4 is 10.6 Å². The highest BCUT2D eigenvalue weighted by molar-refractivity contribution is 6.74. The fourth-order valence-electron chi connectivity index (χ4n) is 2.81. The van der Waals surface area contributed by atoms with Crippen molar-refractivity contribution in [1.82, 2.24) is 10.6 Å². The number of rotatable bonds is 11. The molecule has 7 nitrogen and oxygen atoms in total. The first-order chi connectivity index (χ1) is 15.1. The smallest absolute Gasteiger partial charge is 0.407 e. The lowest BCUT2D eigenvalue weighted by atomic mass is 10.1. The van der Waals surface area contributed by atoms with Crippen LogP contribution in [-0.2, 0) is 14.0 Å². The number of nitrogens with one attached hydrogen (secondary N) is 2. The summed E-state index contributed by atoms with van der Waals surface area (Å²) < 4.78 is 11.7. The summed E-state index contributed by atoms with van der Waals surface area (Å²) in [5.74, 6) is 0.00324. The van der Waals surface area contributed by atoms with Crippen LogP contribution >= 0.6 is 0 Å². The van der Waals surface area contributed by atoms with E-state index < -0.39 is 26.1 Å². The summed E-state index contributed by atoms with van der Waals surface area (Å²) in [4.78, 5) is 24.6. The number of carbonyl (C=O) groups is 2. The van der Waals surface area contributed by atoms with Crippen molar-refractivity contribution in [3.8, 4) is 5.75 Å². The van der Waals surface area contributed by atoms with E-state index in [1.807, 2.05) is 20.8 Å². The second-order valence-corrected chi connectivity index (χ2v) is 15.7. The molecule has 8 heteroatoms. The molecule has 0 spiro atoms. The molecule has 1 aromatic carbocycles. The lowest BCUT2D eigenvalue weighted by Crippen LogP contribution is -2.45. The second-order valence-electron chi connectivity index (χ2n) is 11.0. The number of aromatic hydroxyl groups is 1. The van der Waals surface area contributed by atoms with Gasteiger partial charge in [-0.2, -0.15) is 0 Å². The number of unbranched alkanes of at least 4 members (excludes halogenated alkanes) is 3. The second kappa shape index (κ2) is 12.4. The van der Waals surface area contributed by atoms with Crippen LogP contribution in [0.2, 0.25) is 18.1 Å². The van der Waals surface area contributed by atoms with Crippen LogP contribution in [-0.4, -0.2) is 44.1 Å². The third-order valence-corrected chi connectivity index (χ3v) is 10.2. The van der Waals surface area contributed by atoms with Gasteiger partial charge >= 0.3 is 6.09 Å². The predicted molar refractivity (Wildman–Crippen MR) is 135 cm³/mol. The van der Waals surface area contributed by atoms with Gasteiger partial charge in [0, 0.05) is 13.1 Å². The monoisotopic (exact) mass is 480 g/mol. The Labute approximate surface area is 200 Å². The van der Waals surface area contributed by atoms with Crippen molar-refractivity contribution in [3.63, 3.8) is 0 Å². The summed E-state index contributed by atoms with van der Waals surface area (Å²) in [7, 11) is -2.19. The van der Waals surface area contributed by atoms with Crippen molar-refractivity contribution in [1.29, 1.82) is 0 Å². The van der Waals surface area contributed by atoms with Gasteiger partial charge in [-0.15, -0.1) is 0 Å². The Morgan fingerprint density at radius 1 is 0.909 bits per heavy atom. The first-order valence-electron chi connectivity index (χ1n) is 11.8. The average Bonchev–Trinajstić information content (AvgIpc) is 2.66. The number of phenolic OH excluding ortho intramolecular Hbond substituents is 1. The SMILES string of the molecule is CC(C)(C)OC(=O)NCCCCCCNC(=O)C(O[Si](C)(C)C(C)(C)C)c1ccc(O)cc1. The van der Waals surface area contributed by atoms with Crippen molar-refractivity contribution in [2.75, 3.05) is 13.1 Å². The van der Waals surface area contributed by atoms with Gasteiger partial charge in [-0.05, 0) is 69.4 Å². The van der Waals surface area contributed by atoms with E-state index in [1.165, 1.54) is 0 Å². The van der Waals surface area contributed by atoms with Gasteiger partial charge in [0.25, 0.3) is 5.91 Å². The van der Waals surface area contributed by atoms with E-state index in [0.717, 1.165) is 31.2 Å². The molecule has 3 N–H and O–H groups in total. The number of hydrogen-bond donors (Lipinski definition) is 3. The van der Waals surface area contributed by atoms with Crippen LogP contribution in [0.3, 0.4) is 0 Å². The fraction of sp³-hybridized carbons (Fsp3) is 0.680. The highest BCUT2D eigenvalue weighted by Gasteiger charge is 2.41. The van der Waals surface area contributed by atoms with E-state index >= 15 is 0 Å². The zero-order chi connectivity index (χ0) is 25.3. The standard InChI is InChI=1S/C25H44N2O5Si/c1-24(2,3)31-23(30)27-18-12-10-9-11-17-26-22(29)21(19-13-15-20(28)16-14-19)32-33(7,8)25(4,5)6/h13-16,21,28H,9-12,17-18H2,1-8H3,(H,26,29)(H,27,30). The van der Waals surface area contributed by atoms with E-state index in [1.54, 1.807) is 24.3 Å². The van der Waals surface area contributed by atoms with Crippen LogP contribution in [0.15, 0.2) is 24.3 Å². The van der Waals surface area contributed by atoms with Crippen molar-refractivity contribution in [2.45, 2.75) is 97.1 Å². The van der Waals surface area contributed by atoms with Crippen molar-refractivity contribution in [3.05, 3.63) is 29.8 Å². The Morgan fingerprint density at radius 2 is 1.42 bits per heavy atom. The first kappa shape index (κ1) is 29.0. The van der Waals surface area contributed by atoms with Gasteiger partial charge < -0.3 is 24.9 Å². The minimum Gasteiger partial charge on any atom is -0.508 e. The quantitative estimate of drug-likeness (QED) is 0.281. The highest BCUT2D eigenvalue weighted by atomic mass is 28.4. The van der Waals surface area contributed by atoms with Gasteiger partial charge in [-0.25, -0.2) is 4.79 Å². The van der Waals surface area contributed by atoms with Gasteiger partial charge in [0.15, 0.2) is 8.32 Å². The Balaban J connectivity index is 2.49. The molecule has 0 heterocycles. The molecule has 1 atom stereocenters. The molecule has 1 unspecified atom stereocenters. The molecule has 1 rings (SSSR count). The summed E-state index contributed by atoms with van der Waals surface area (Å²) in [6.07, 6.45) is 2.51. The molecule has 0 aliphatic heterocycles. The van der Waals surface area contributed by atoms with E-state index in [-0.39, 0.29) is 16.7 Å². The van der Waals surface area contributed by atoms with E-state index in [2.05, 4.69) is 44.5 Å². The Kier molecular flexibility index (Phi) is 10.9. The summed E-state index contributed by atoms with van der Waals surface area (Å²) in [5.41, 5.74) is 0.248. The molecule has 1 aromatic rings. The molecule has 0 aromatic heterocycles. The molecular weight excluding hydrogens is 436 g/mol. The number of amides is 2. The predicted octanol–water partition coefficient (Wildman–Crippen LogP) is 5.66. The number of alkyl carbamates (subject to hydrolysis) is 1. The van der Waals surface area contributed by atoms with E-state index in [9.17, 15) is 14.7 Å². The molecule has 0 saturated carbocycles. The average molecular weight is 481 g/mol. The molecule has 0 fully saturated rings. The summed E-state index contributed by atoms with van der Waals surface area (Å²) in [6, 6.07) is 6.64. The van der Waals surface area contributed by atoms with Crippen LogP contribution in [0.5, 0.6) is 5.75 Å². The summed E-state index contributed by atoms with van der Waals surface area (Å²) in [6.45, 7) is 17.3. The van der Waals surface area contributed by atoms with Crippen LogP contribution in [0.25, 0.3) is 0 Å². The zero-order valence-electron chi connectivity index (χ0n) is 21.7. The lowest BCUT2D eigenvalue weighted by Gasteiger charge is -2.39. The molecule has 0 aliphatic carbocycles. The van der Waals surface area contributed by atoms with Crippen molar-refractivity contribution >= 4 is 20.3 Å². The number of carbonyl (C=O) groups excluding carboxylic acids is 2. The third kappa shape index (κ3) is 11.1. The number of ether oxygens (including phenoxy) is 1. The number of hydrogen-bond acceptors (Lipinski definition) is 5. The Hall–Kier alpha value is -2.06. The molecule has 188 valence electrons. The number of phenols is 1. The maximum absolute atomic E-state index is 13.0. The Bertz CT molecular complexity index is 752. The van der Waals surface area contributed by atoms with Crippen LogP contribution in [0, 0.1) is 0 Å². The Morgan fingerprint density at radius 3 is 1.91 bits per heavy atom. The summed E-state index contributed by atoms with van der Waals surface area (Å²) in [5, 5.41) is 15.4. The first-order valence-corrected chi connectivity index (χ1v) is 14.7. The maximum atomic E-state index is 13.0. The normalized spacial score (nSPS) is 13.3. The number of benzene rings is 1. The third-order valence-electron chi connectivity index (χ3n) is 5.72. The topological polar surface area (TPSA) is 96.9 Å². The van der Waals surface area contributed by atoms with Crippen LogP contribution in [0.4, 0.5) is 4.79 Å². The maximum Gasteiger partial charge on any atom is 0.407 e. The van der Waals surface area contributed by atoms with Gasteiger partial charge in [0.2, 0.25) is 0 Å². The van der Waals surface area contributed by atoms with Crippen LogP contribution in [0.1, 0.15) is 78.9 Å².